The van der Waals surface area contributed by atoms with Crippen molar-refractivity contribution >= 4 is 43.6 Å². The molecule has 4 aliphatic rings. The van der Waals surface area contributed by atoms with Gasteiger partial charge in [0, 0.05) is 32.9 Å². The predicted molar refractivity (Wildman–Crippen MR) is 221 cm³/mol. The average Bonchev–Trinajstić information content (AvgIpc) is 3.89. The van der Waals surface area contributed by atoms with Crippen LogP contribution in [0.5, 0.6) is 0 Å². The zero-order chi connectivity index (χ0) is 34.7. The molecule has 13 rings (SSSR count). The Kier molecular flexibility index (Phi) is 6.20. The molecule has 2 aromatic heterocycles. The van der Waals surface area contributed by atoms with Gasteiger partial charge < -0.3 is 9.13 Å². The van der Waals surface area contributed by atoms with E-state index in [4.69, 9.17) is 0 Å². The highest BCUT2D eigenvalue weighted by molar-refractivity contribution is 6.12. The fourth-order valence-electron chi connectivity index (χ4n) is 11.5. The summed E-state index contributed by atoms with van der Waals surface area (Å²) >= 11 is 0. The number of hydrogen-bond acceptors (Lipinski definition) is 0. The zero-order valence-electron chi connectivity index (χ0n) is 29.8. The Bertz CT molecular complexity index is 2860. The first kappa shape index (κ1) is 29.7. The molecule has 53 heavy (non-hydrogen) atoms. The lowest BCUT2D eigenvalue weighted by atomic mass is 9.71. The lowest BCUT2D eigenvalue weighted by Crippen LogP contribution is -2.27. The third kappa shape index (κ3) is 4.33. The molecule has 0 N–H and O–H groups in total. The van der Waals surface area contributed by atoms with Crippen LogP contribution in [0.15, 0.2) is 164 Å². The summed E-state index contributed by atoms with van der Waals surface area (Å²) in [7, 11) is 0. The molecule has 4 saturated carbocycles. The largest absolute Gasteiger partial charge is 0.309 e. The summed E-state index contributed by atoms with van der Waals surface area (Å²) in [5, 5.41) is 5.14. The Hall–Kier alpha value is -5.86. The van der Waals surface area contributed by atoms with Crippen LogP contribution >= 0.6 is 0 Å². The van der Waals surface area contributed by atoms with E-state index >= 15 is 0 Å². The summed E-state index contributed by atoms with van der Waals surface area (Å²) in [5.74, 6) is 2.84. The van der Waals surface area contributed by atoms with Crippen molar-refractivity contribution in [2.45, 2.75) is 37.5 Å². The maximum absolute atomic E-state index is 2.48. The van der Waals surface area contributed by atoms with Crippen molar-refractivity contribution in [3.05, 3.63) is 169 Å². The van der Waals surface area contributed by atoms with Gasteiger partial charge in [0.1, 0.15) is 0 Å². The van der Waals surface area contributed by atoms with Crippen LogP contribution in [-0.2, 0) is 5.41 Å². The number of hydrogen-bond donors (Lipinski definition) is 0. The summed E-state index contributed by atoms with van der Waals surface area (Å²) in [5.41, 5.74) is 14.4. The van der Waals surface area contributed by atoms with Gasteiger partial charge in [0.25, 0.3) is 0 Å². The Labute approximate surface area is 309 Å². The minimum Gasteiger partial charge on any atom is -0.309 e. The van der Waals surface area contributed by atoms with Gasteiger partial charge in [0.05, 0.1) is 22.1 Å². The van der Waals surface area contributed by atoms with Crippen LogP contribution < -0.4 is 0 Å². The van der Waals surface area contributed by atoms with Crippen molar-refractivity contribution < 1.29 is 0 Å². The fraction of sp³-hybridized carbons (Fsp3) is 0.176. The number of benzene rings is 7. The molecule has 7 aromatic carbocycles. The number of aromatic nitrogens is 2. The standard InChI is InChI=1S/C51H40N2/c1-2-8-35(9-3-1)36-14-20-41(21-15-36)53-47-12-6-4-10-43(47)45-24-16-38(30-50(45)53)37-17-25-49-46(29-37)44-11-5-7-13-48(44)52(49)42-22-18-39(19-23-42)51-31-33-26-34(32-51)28-40(51)27-33/h1-25,29-30,33-34,40H,26-28,31-32H2. The van der Waals surface area contributed by atoms with Gasteiger partial charge in [-0.15, -0.1) is 0 Å². The maximum atomic E-state index is 2.48. The second kappa shape index (κ2) is 11.1. The molecule has 0 radical (unpaired) electrons. The van der Waals surface area contributed by atoms with Gasteiger partial charge in [-0.2, -0.15) is 0 Å². The third-order valence-electron chi connectivity index (χ3n) is 13.6. The monoisotopic (exact) mass is 680 g/mol. The van der Waals surface area contributed by atoms with Gasteiger partial charge in [-0.05, 0) is 138 Å². The van der Waals surface area contributed by atoms with E-state index in [0.717, 1.165) is 17.8 Å². The molecule has 0 saturated heterocycles. The second-order valence-electron chi connectivity index (χ2n) is 16.3. The lowest BCUT2D eigenvalue weighted by molar-refractivity contribution is 0.266. The number of para-hydroxylation sites is 2. The van der Waals surface area contributed by atoms with Gasteiger partial charge in [0.15, 0.2) is 0 Å². The minimum atomic E-state index is 0.445. The Balaban J connectivity index is 0.966. The summed E-state index contributed by atoms with van der Waals surface area (Å²) in [6, 6.07) is 61.2. The SMILES string of the molecule is c1ccc(-c2ccc(-n3c4ccccc4c4ccc(-c5ccc6c(c5)c5ccccc5n6-c5ccc(C67CC8CC(CC6C8)C7)cc5)cc43)cc2)cc1. The molecule has 9 aromatic rings. The summed E-state index contributed by atoms with van der Waals surface area (Å²) in [6.45, 7) is 0. The molecule has 0 amide bonds. The Morgan fingerprint density at radius 3 is 1.60 bits per heavy atom. The molecule has 2 atom stereocenters. The van der Waals surface area contributed by atoms with Crippen molar-refractivity contribution in [1.82, 2.24) is 9.13 Å². The number of fused-ring (bicyclic) bond motifs is 6. The van der Waals surface area contributed by atoms with Crippen molar-refractivity contribution in [2.24, 2.45) is 17.8 Å². The first-order valence-corrected chi connectivity index (χ1v) is 19.5. The maximum Gasteiger partial charge on any atom is 0.0547 e. The molecule has 2 nitrogen and oxygen atoms in total. The highest BCUT2D eigenvalue weighted by Crippen LogP contribution is 2.66. The van der Waals surface area contributed by atoms with Crippen molar-refractivity contribution in [3.8, 4) is 33.6 Å². The highest BCUT2D eigenvalue weighted by Gasteiger charge is 2.58. The summed E-state index contributed by atoms with van der Waals surface area (Å²) in [6.07, 6.45) is 7.24. The fourth-order valence-corrected chi connectivity index (χ4v) is 11.5. The van der Waals surface area contributed by atoms with E-state index in [1.54, 1.807) is 5.56 Å². The number of rotatable bonds is 5. The number of nitrogens with zero attached hydrogens (tertiary/aromatic N) is 2. The molecular formula is C51H40N2. The zero-order valence-corrected chi connectivity index (χ0v) is 29.8. The molecule has 2 unspecified atom stereocenters. The normalized spacial score (nSPS) is 21.8. The molecule has 0 aliphatic heterocycles. The molecule has 0 spiro atoms. The second-order valence-corrected chi connectivity index (χ2v) is 16.3. The smallest absolute Gasteiger partial charge is 0.0547 e. The third-order valence-corrected chi connectivity index (χ3v) is 13.6. The van der Waals surface area contributed by atoms with E-state index in [1.165, 1.54) is 109 Å². The van der Waals surface area contributed by atoms with Crippen LogP contribution in [0.25, 0.3) is 77.2 Å². The van der Waals surface area contributed by atoms with Gasteiger partial charge in [-0.1, -0.05) is 109 Å². The highest BCUT2D eigenvalue weighted by atomic mass is 15.0. The minimum absolute atomic E-state index is 0.445. The first-order chi connectivity index (χ1) is 26.2. The molecule has 2 heterocycles. The van der Waals surface area contributed by atoms with Gasteiger partial charge in [-0.3, -0.25) is 0 Å². The van der Waals surface area contributed by atoms with Crippen LogP contribution in [0.4, 0.5) is 0 Å². The molecular weight excluding hydrogens is 641 g/mol. The first-order valence-electron chi connectivity index (χ1n) is 19.5. The van der Waals surface area contributed by atoms with Crippen LogP contribution in [0, 0.1) is 17.8 Å². The van der Waals surface area contributed by atoms with Gasteiger partial charge in [0.2, 0.25) is 0 Å². The summed E-state index contributed by atoms with van der Waals surface area (Å²) in [4.78, 5) is 0. The average molecular weight is 681 g/mol. The van der Waals surface area contributed by atoms with Gasteiger partial charge >= 0.3 is 0 Å². The molecule has 2 heteroatoms. The van der Waals surface area contributed by atoms with Crippen LogP contribution in [0.3, 0.4) is 0 Å². The molecule has 4 bridgehead atoms. The van der Waals surface area contributed by atoms with Crippen molar-refractivity contribution in [1.29, 1.82) is 0 Å². The summed E-state index contributed by atoms with van der Waals surface area (Å²) < 4.78 is 4.91. The van der Waals surface area contributed by atoms with Crippen molar-refractivity contribution in [3.63, 3.8) is 0 Å². The molecule has 254 valence electrons. The lowest BCUT2D eigenvalue weighted by Gasteiger charge is -2.33. The van der Waals surface area contributed by atoms with E-state index in [2.05, 4.69) is 173 Å². The van der Waals surface area contributed by atoms with Crippen LogP contribution in [0.2, 0.25) is 0 Å². The molecule has 4 fully saturated rings. The van der Waals surface area contributed by atoms with E-state index < -0.39 is 0 Å². The Morgan fingerprint density at radius 2 is 0.887 bits per heavy atom. The quantitative estimate of drug-likeness (QED) is 0.171. The van der Waals surface area contributed by atoms with E-state index in [-0.39, 0.29) is 0 Å². The Morgan fingerprint density at radius 1 is 0.377 bits per heavy atom. The van der Waals surface area contributed by atoms with E-state index in [0.29, 0.717) is 5.41 Å². The van der Waals surface area contributed by atoms with Crippen LogP contribution in [-0.4, -0.2) is 9.13 Å². The van der Waals surface area contributed by atoms with E-state index in [1.807, 2.05) is 0 Å². The van der Waals surface area contributed by atoms with Crippen molar-refractivity contribution in [2.75, 3.05) is 0 Å². The van der Waals surface area contributed by atoms with E-state index in [9.17, 15) is 0 Å². The molecule has 4 aliphatic carbocycles. The van der Waals surface area contributed by atoms with Gasteiger partial charge in [-0.25, -0.2) is 0 Å². The topological polar surface area (TPSA) is 9.86 Å². The predicted octanol–water partition coefficient (Wildman–Crippen LogP) is 13.3. The van der Waals surface area contributed by atoms with Crippen LogP contribution in [0.1, 0.15) is 37.7 Å².